The summed E-state index contributed by atoms with van der Waals surface area (Å²) >= 11 is 0. The first-order chi connectivity index (χ1) is 9.29. The van der Waals surface area contributed by atoms with Gasteiger partial charge in [0, 0.05) is 6.42 Å². The van der Waals surface area contributed by atoms with Crippen molar-refractivity contribution in [2.45, 2.75) is 51.0 Å². The normalized spacial score (nSPS) is 18.1. The molecule has 104 valence electrons. The number of aliphatic imine (C=N–C) groups is 1. The van der Waals surface area contributed by atoms with Gasteiger partial charge in [-0.05, 0) is 24.5 Å². The highest BCUT2D eigenvalue weighted by molar-refractivity contribution is 5.84. The van der Waals surface area contributed by atoms with E-state index in [9.17, 15) is 4.39 Å². The van der Waals surface area contributed by atoms with E-state index in [-0.39, 0.29) is 5.82 Å². The Morgan fingerprint density at radius 3 is 2.53 bits per heavy atom. The van der Waals surface area contributed by atoms with Crippen LogP contribution in [0.4, 0.5) is 4.39 Å². The molecule has 0 spiro atoms. The number of nitrogens with two attached hydrogens (primary N) is 1. The van der Waals surface area contributed by atoms with Gasteiger partial charge in [0.25, 0.3) is 0 Å². The van der Waals surface area contributed by atoms with Crippen LogP contribution < -0.4 is 11.3 Å². The summed E-state index contributed by atoms with van der Waals surface area (Å²) in [5.74, 6) is 6.00. The topological polar surface area (TPSA) is 50.4 Å². The van der Waals surface area contributed by atoms with Crippen molar-refractivity contribution < 1.29 is 4.39 Å². The minimum atomic E-state index is -0.202. The zero-order valence-corrected chi connectivity index (χ0v) is 11.2. The Balaban J connectivity index is 2.04. The summed E-state index contributed by atoms with van der Waals surface area (Å²) < 4.78 is 13.6. The van der Waals surface area contributed by atoms with Crippen LogP contribution in [-0.2, 0) is 6.42 Å². The number of hydrogen-bond acceptors (Lipinski definition) is 2. The molecule has 1 aromatic rings. The van der Waals surface area contributed by atoms with E-state index in [1.54, 1.807) is 12.1 Å². The Morgan fingerprint density at radius 1 is 1.21 bits per heavy atom. The minimum Gasteiger partial charge on any atom is -0.312 e. The number of nitrogens with zero attached hydrogens (tertiary/aromatic N) is 1. The molecule has 0 aliphatic heterocycles. The summed E-state index contributed by atoms with van der Waals surface area (Å²) in [5, 5.41) is 0. The highest BCUT2D eigenvalue weighted by atomic mass is 19.1. The number of rotatable bonds is 3. The lowest BCUT2D eigenvalue weighted by atomic mass is 10.1. The molecule has 1 aliphatic carbocycles. The third-order valence-corrected chi connectivity index (χ3v) is 3.65. The van der Waals surface area contributed by atoms with Gasteiger partial charge in [-0.15, -0.1) is 0 Å². The Kier molecular flexibility index (Phi) is 5.33. The van der Waals surface area contributed by atoms with Crippen LogP contribution in [0.2, 0.25) is 0 Å². The zero-order valence-electron chi connectivity index (χ0n) is 11.2. The maximum atomic E-state index is 13.6. The van der Waals surface area contributed by atoms with Crippen LogP contribution in [0.3, 0.4) is 0 Å². The Hall–Kier alpha value is -1.42. The first kappa shape index (κ1) is 14.0. The van der Waals surface area contributed by atoms with E-state index in [1.807, 2.05) is 6.07 Å². The lowest BCUT2D eigenvalue weighted by Gasteiger charge is -2.13. The lowest BCUT2D eigenvalue weighted by Crippen LogP contribution is -2.33. The maximum absolute atomic E-state index is 13.6. The van der Waals surface area contributed by atoms with Crippen molar-refractivity contribution in [1.82, 2.24) is 5.43 Å². The van der Waals surface area contributed by atoms with Gasteiger partial charge in [0.2, 0.25) is 0 Å². The van der Waals surface area contributed by atoms with Gasteiger partial charge < -0.3 is 5.43 Å². The molecule has 0 radical (unpaired) electrons. The molecule has 0 amide bonds. The highest BCUT2D eigenvalue weighted by Gasteiger charge is 2.13. The smallest absolute Gasteiger partial charge is 0.126 e. The van der Waals surface area contributed by atoms with E-state index >= 15 is 0 Å². The SMILES string of the molecule is NNC(Cc1ccccc1F)=NC1CCCCCC1. The highest BCUT2D eigenvalue weighted by Crippen LogP contribution is 2.20. The van der Waals surface area contributed by atoms with Crippen LogP contribution in [-0.4, -0.2) is 11.9 Å². The van der Waals surface area contributed by atoms with E-state index < -0.39 is 0 Å². The molecular formula is C15H22FN3. The van der Waals surface area contributed by atoms with E-state index in [2.05, 4.69) is 10.4 Å². The monoisotopic (exact) mass is 263 g/mol. The average molecular weight is 263 g/mol. The van der Waals surface area contributed by atoms with Gasteiger partial charge in [-0.2, -0.15) is 0 Å². The van der Waals surface area contributed by atoms with Crippen LogP contribution in [0.25, 0.3) is 0 Å². The summed E-state index contributed by atoms with van der Waals surface area (Å²) in [7, 11) is 0. The molecule has 0 bridgehead atoms. The molecule has 1 aromatic carbocycles. The molecule has 2 rings (SSSR count). The summed E-state index contributed by atoms with van der Waals surface area (Å²) in [6, 6.07) is 7.10. The van der Waals surface area contributed by atoms with Gasteiger partial charge in [-0.3, -0.25) is 4.99 Å². The fourth-order valence-electron chi connectivity index (χ4n) is 2.56. The van der Waals surface area contributed by atoms with Crippen molar-refractivity contribution in [2.75, 3.05) is 0 Å². The van der Waals surface area contributed by atoms with E-state index in [4.69, 9.17) is 5.84 Å². The largest absolute Gasteiger partial charge is 0.312 e. The number of amidine groups is 1. The van der Waals surface area contributed by atoms with Gasteiger partial charge >= 0.3 is 0 Å². The first-order valence-corrected chi connectivity index (χ1v) is 7.06. The lowest BCUT2D eigenvalue weighted by molar-refractivity contribution is 0.580. The van der Waals surface area contributed by atoms with Gasteiger partial charge in [0.05, 0.1) is 6.04 Å². The number of hydrazine groups is 1. The number of nitrogens with one attached hydrogen (secondary N) is 1. The van der Waals surface area contributed by atoms with Crippen molar-refractivity contribution in [3.63, 3.8) is 0 Å². The van der Waals surface area contributed by atoms with Gasteiger partial charge in [-0.25, -0.2) is 10.2 Å². The Labute approximate surface area is 114 Å². The Bertz CT molecular complexity index is 423. The second kappa shape index (κ2) is 7.24. The molecular weight excluding hydrogens is 241 g/mol. The number of benzene rings is 1. The van der Waals surface area contributed by atoms with Crippen LogP contribution in [0.15, 0.2) is 29.3 Å². The molecule has 1 aliphatic rings. The third kappa shape index (κ3) is 4.31. The van der Waals surface area contributed by atoms with E-state index in [0.717, 1.165) is 12.8 Å². The van der Waals surface area contributed by atoms with Crippen molar-refractivity contribution in [1.29, 1.82) is 0 Å². The zero-order chi connectivity index (χ0) is 13.5. The number of hydrogen-bond donors (Lipinski definition) is 2. The van der Waals surface area contributed by atoms with Crippen molar-refractivity contribution in [3.8, 4) is 0 Å². The molecule has 3 nitrogen and oxygen atoms in total. The molecule has 0 atom stereocenters. The molecule has 0 heterocycles. The van der Waals surface area contributed by atoms with E-state index in [1.165, 1.54) is 31.7 Å². The third-order valence-electron chi connectivity index (χ3n) is 3.65. The quantitative estimate of drug-likeness (QED) is 0.289. The maximum Gasteiger partial charge on any atom is 0.126 e. The summed E-state index contributed by atoms with van der Waals surface area (Å²) in [6.07, 6.45) is 7.71. The molecule has 3 N–H and O–H groups in total. The molecule has 19 heavy (non-hydrogen) atoms. The van der Waals surface area contributed by atoms with Crippen LogP contribution in [0.5, 0.6) is 0 Å². The van der Waals surface area contributed by atoms with Crippen LogP contribution in [0, 0.1) is 5.82 Å². The molecule has 0 unspecified atom stereocenters. The van der Waals surface area contributed by atoms with Gasteiger partial charge in [-0.1, -0.05) is 43.9 Å². The second-order valence-corrected chi connectivity index (χ2v) is 5.13. The van der Waals surface area contributed by atoms with Gasteiger partial charge in [0.1, 0.15) is 11.7 Å². The minimum absolute atomic E-state index is 0.202. The molecule has 0 aromatic heterocycles. The predicted molar refractivity (Wildman–Crippen MR) is 76.4 cm³/mol. The fraction of sp³-hybridized carbons (Fsp3) is 0.533. The van der Waals surface area contributed by atoms with Crippen molar-refractivity contribution in [3.05, 3.63) is 35.6 Å². The van der Waals surface area contributed by atoms with Crippen LogP contribution >= 0.6 is 0 Å². The summed E-state index contributed by atoms with van der Waals surface area (Å²) in [4.78, 5) is 4.66. The van der Waals surface area contributed by atoms with Crippen molar-refractivity contribution >= 4 is 5.84 Å². The predicted octanol–water partition coefficient (Wildman–Crippen LogP) is 2.95. The molecule has 1 saturated carbocycles. The van der Waals surface area contributed by atoms with Gasteiger partial charge in [0.15, 0.2) is 0 Å². The molecule has 1 fully saturated rings. The van der Waals surface area contributed by atoms with Crippen LogP contribution in [0.1, 0.15) is 44.1 Å². The number of halogens is 1. The van der Waals surface area contributed by atoms with Crippen molar-refractivity contribution in [2.24, 2.45) is 10.8 Å². The summed E-state index contributed by atoms with van der Waals surface area (Å²) in [5.41, 5.74) is 3.26. The summed E-state index contributed by atoms with van der Waals surface area (Å²) in [6.45, 7) is 0. The first-order valence-electron chi connectivity index (χ1n) is 7.06. The second-order valence-electron chi connectivity index (χ2n) is 5.13. The molecule has 4 heteroatoms. The standard InChI is InChI=1S/C15H22FN3/c16-14-10-6-5-7-12(14)11-15(19-17)18-13-8-3-1-2-4-9-13/h5-7,10,13H,1-4,8-9,11,17H2,(H,18,19). The van der Waals surface area contributed by atoms with E-state index in [0.29, 0.717) is 23.9 Å². The Morgan fingerprint density at radius 2 is 1.89 bits per heavy atom. The fourth-order valence-corrected chi connectivity index (χ4v) is 2.56. The average Bonchev–Trinajstić information content (AvgIpc) is 2.69. The molecule has 0 saturated heterocycles.